The fourth-order valence-electron chi connectivity index (χ4n) is 2.21. The van der Waals surface area contributed by atoms with Crippen LogP contribution in [-0.4, -0.2) is 27.7 Å². The third kappa shape index (κ3) is 3.80. The van der Waals surface area contributed by atoms with E-state index in [-0.39, 0.29) is 29.4 Å². The van der Waals surface area contributed by atoms with E-state index in [0.29, 0.717) is 12.1 Å². The lowest BCUT2D eigenvalue weighted by Gasteiger charge is -2.13. The van der Waals surface area contributed by atoms with Crippen LogP contribution in [0, 0.1) is 0 Å². The van der Waals surface area contributed by atoms with Crippen LogP contribution in [0.15, 0.2) is 41.8 Å². The molecule has 1 N–H and O–H groups in total. The molecule has 23 heavy (non-hydrogen) atoms. The molecule has 1 fully saturated rings. The number of amides is 3. The number of nitrogens with zero attached hydrogens (tertiary/aromatic N) is 1. The van der Waals surface area contributed by atoms with Crippen molar-refractivity contribution in [1.82, 2.24) is 10.2 Å². The van der Waals surface area contributed by atoms with Gasteiger partial charge in [0.2, 0.25) is 5.91 Å². The highest BCUT2D eigenvalue weighted by molar-refractivity contribution is 8.14. The first-order valence-electron chi connectivity index (χ1n) is 7.00. The molecule has 5 nitrogen and oxygen atoms in total. The summed E-state index contributed by atoms with van der Waals surface area (Å²) in [6, 6.07) is 10.9. The first kappa shape index (κ1) is 15.8. The first-order valence-corrected chi connectivity index (χ1v) is 8.86. The molecule has 2 aromatic rings. The highest BCUT2D eigenvalue weighted by Crippen LogP contribution is 2.21. The Hall–Kier alpha value is -2.12. The number of imide groups is 1. The van der Waals surface area contributed by atoms with E-state index in [1.165, 1.54) is 4.90 Å². The lowest BCUT2D eigenvalue weighted by atomic mass is 10.1. The van der Waals surface area contributed by atoms with Gasteiger partial charge in [0.15, 0.2) is 0 Å². The van der Waals surface area contributed by atoms with Gasteiger partial charge in [-0.25, -0.2) is 0 Å². The summed E-state index contributed by atoms with van der Waals surface area (Å²) < 4.78 is 0. The minimum atomic E-state index is -0.234. The van der Waals surface area contributed by atoms with E-state index in [9.17, 15) is 14.4 Å². The Morgan fingerprint density at radius 2 is 2.09 bits per heavy atom. The Bertz CT molecular complexity index is 728. The monoisotopic (exact) mass is 346 g/mol. The van der Waals surface area contributed by atoms with Gasteiger partial charge in [-0.15, -0.1) is 11.3 Å². The van der Waals surface area contributed by atoms with Crippen LogP contribution in [0.3, 0.4) is 0 Å². The number of nitrogens with one attached hydrogen (secondary N) is 1. The van der Waals surface area contributed by atoms with E-state index >= 15 is 0 Å². The van der Waals surface area contributed by atoms with E-state index in [0.717, 1.165) is 22.2 Å². The summed E-state index contributed by atoms with van der Waals surface area (Å²) >= 11 is 2.60. The predicted octanol–water partition coefficient (Wildman–Crippen LogP) is 2.87. The molecule has 3 amide bonds. The average molecular weight is 346 g/mol. The molecule has 118 valence electrons. The normalized spacial score (nSPS) is 14.3. The summed E-state index contributed by atoms with van der Waals surface area (Å²) in [5.74, 6) is -0.166. The van der Waals surface area contributed by atoms with E-state index in [1.807, 2.05) is 17.5 Å². The predicted molar refractivity (Wildman–Crippen MR) is 90.3 cm³/mol. The lowest BCUT2D eigenvalue weighted by Crippen LogP contribution is -2.28. The maximum Gasteiger partial charge on any atom is 0.289 e. The molecule has 1 aromatic heterocycles. The zero-order chi connectivity index (χ0) is 16.2. The van der Waals surface area contributed by atoms with E-state index in [1.54, 1.807) is 35.6 Å². The summed E-state index contributed by atoms with van der Waals surface area (Å²) in [5.41, 5.74) is 1.28. The van der Waals surface area contributed by atoms with Crippen molar-refractivity contribution in [2.24, 2.45) is 0 Å². The molecule has 0 aliphatic carbocycles. The molecule has 1 aliphatic heterocycles. The number of carbonyl (C=O) groups is 3. The number of thiophene rings is 1. The Morgan fingerprint density at radius 3 is 2.78 bits per heavy atom. The van der Waals surface area contributed by atoms with Crippen molar-refractivity contribution >= 4 is 40.2 Å². The van der Waals surface area contributed by atoms with Crippen LogP contribution < -0.4 is 5.32 Å². The maximum absolute atomic E-state index is 12.2. The largest absolute Gasteiger partial charge is 0.347 e. The van der Waals surface area contributed by atoms with Gasteiger partial charge < -0.3 is 5.32 Å². The molecule has 1 saturated heterocycles. The van der Waals surface area contributed by atoms with Gasteiger partial charge in [0.1, 0.15) is 0 Å². The standard InChI is InChI=1S/C16H14N2O3S2/c19-14-10-23-16(21)18(14)9-11-3-1-4-12(7-11)15(20)17-8-13-5-2-6-22-13/h1-7H,8-10H2,(H,17,20). The van der Waals surface area contributed by atoms with E-state index in [2.05, 4.69) is 5.32 Å². The second-order valence-corrected chi connectivity index (χ2v) is 6.96. The lowest BCUT2D eigenvalue weighted by molar-refractivity contribution is -0.125. The molecular formula is C16H14N2O3S2. The Kier molecular flexibility index (Phi) is 4.78. The number of benzene rings is 1. The third-order valence-electron chi connectivity index (χ3n) is 3.37. The van der Waals surface area contributed by atoms with E-state index in [4.69, 9.17) is 0 Å². The quantitative estimate of drug-likeness (QED) is 0.904. The number of carbonyl (C=O) groups excluding carboxylic acids is 3. The molecule has 0 saturated carbocycles. The molecule has 0 unspecified atom stereocenters. The summed E-state index contributed by atoms with van der Waals surface area (Å²) in [4.78, 5) is 37.8. The number of rotatable bonds is 5. The van der Waals surface area contributed by atoms with Crippen molar-refractivity contribution in [2.45, 2.75) is 13.1 Å². The molecule has 0 bridgehead atoms. The number of hydrogen-bond acceptors (Lipinski definition) is 5. The third-order valence-corrected chi connectivity index (χ3v) is 5.11. The van der Waals surface area contributed by atoms with Crippen molar-refractivity contribution < 1.29 is 14.4 Å². The maximum atomic E-state index is 12.2. The summed E-state index contributed by atoms with van der Waals surface area (Å²) in [5, 5.41) is 4.59. The second-order valence-electron chi connectivity index (χ2n) is 5.00. The SMILES string of the molecule is O=C(NCc1cccs1)c1cccc(CN2C(=O)CSC2=O)c1. The van der Waals surface area contributed by atoms with Crippen LogP contribution >= 0.6 is 23.1 Å². The van der Waals surface area contributed by atoms with Gasteiger partial charge in [-0.05, 0) is 29.1 Å². The highest BCUT2D eigenvalue weighted by atomic mass is 32.2. The minimum Gasteiger partial charge on any atom is -0.347 e. The summed E-state index contributed by atoms with van der Waals surface area (Å²) in [6.45, 7) is 0.692. The molecule has 1 aromatic carbocycles. The highest BCUT2D eigenvalue weighted by Gasteiger charge is 2.29. The fourth-order valence-corrected chi connectivity index (χ4v) is 3.58. The molecular weight excluding hydrogens is 332 g/mol. The van der Waals surface area contributed by atoms with Gasteiger partial charge in [0.05, 0.1) is 18.8 Å². The van der Waals surface area contributed by atoms with E-state index < -0.39 is 0 Å². The van der Waals surface area contributed by atoms with Crippen LogP contribution in [0.1, 0.15) is 20.8 Å². The zero-order valence-corrected chi connectivity index (χ0v) is 13.8. The van der Waals surface area contributed by atoms with Gasteiger partial charge in [-0.3, -0.25) is 19.3 Å². The summed E-state index contributed by atoms with van der Waals surface area (Å²) in [6.07, 6.45) is 0. The fraction of sp³-hybridized carbons (Fsp3) is 0.188. The minimum absolute atomic E-state index is 0.172. The molecule has 0 atom stereocenters. The van der Waals surface area contributed by atoms with Crippen molar-refractivity contribution in [3.63, 3.8) is 0 Å². The smallest absolute Gasteiger partial charge is 0.289 e. The Morgan fingerprint density at radius 1 is 1.22 bits per heavy atom. The van der Waals surface area contributed by atoms with Crippen LogP contribution in [0.4, 0.5) is 4.79 Å². The number of thioether (sulfide) groups is 1. The van der Waals surface area contributed by atoms with Gasteiger partial charge in [-0.2, -0.15) is 0 Å². The Balaban J connectivity index is 1.65. The van der Waals surface area contributed by atoms with Crippen molar-refractivity contribution in [3.05, 3.63) is 57.8 Å². The van der Waals surface area contributed by atoms with Crippen LogP contribution in [0.2, 0.25) is 0 Å². The first-order chi connectivity index (χ1) is 11.1. The van der Waals surface area contributed by atoms with Crippen LogP contribution in [0.5, 0.6) is 0 Å². The molecule has 0 spiro atoms. The number of hydrogen-bond donors (Lipinski definition) is 1. The molecule has 1 aliphatic rings. The van der Waals surface area contributed by atoms with Crippen molar-refractivity contribution in [2.75, 3.05) is 5.75 Å². The Labute approximate surface area is 141 Å². The second kappa shape index (κ2) is 6.97. The van der Waals surface area contributed by atoms with Crippen LogP contribution in [0.25, 0.3) is 0 Å². The molecule has 3 rings (SSSR count). The van der Waals surface area contributed by atoms with Gasteiger partial charge in [0, 0.05) is 10.4 Å². The average Bonchev–Trinajstić information content (AvgIpc) is 3.18. The molecule has 7 heteroatoms. The zero-order valence-electron chi connectivity index (χ0n) is 12.2. The van der Waals surface area contributed by atoms with Crippen molar-refractivity contribution in [3.8, 4) is 0 Å². The van der Waals surface area contributed by atoms with Crippen molar-refractivity contribution in [1.29, 1.82) is 0 Å². The topological polar surface area (TPSA) is 66.5 Å². The summed E-state index contributed by atoms with van der Waals surface area (Å²) in [7, 11) is 0. The van der Waals surface area contributed by atoms with Gasteiger partial charge in [-0.1, -0.05) is 30.0 Å². The molecule has 2 heterocycles. The molecule has 0 radical (unpaired) electrons. The van der Waals surface area contributed by atoms with Gasteiger partial charge in [0.25, 0.3) is 11.1 Å². The van der Waals surface area contributed by atoms with Crippen LogP contribution in [-0.2, 0) is 17.9 Å². The van der Waals surface area contributed by atoms with Gasteiger partial charge >= 0.3 is 0 Å².